The van der Waals surface area contributed by atoms with Gasteiger partial charge in [0.15, 0.2) is 11.4 Å². The summed E-state index contributed by atoms with van der Waals surface area (Å²) in [6.07, 6.45) is 2.85. The van der Waals surface area contributed by atoms with Crippen molar-refractivity contribution in [2.45, 2.75) is 18.7 Å². The second kappa shape index (κ2) is 5.06. The van der Waals surface area contributed by atoms with Crippen LogP contribution in [0.5, 0.6) is 0 Å². The SMILES string of the molecule is CC(=O)c1cn(S(=O)(=O)c2ccc(C)cc2)c2ncccc12. The van der Waals surface area contributed by atoms with Crippen LogP contribution in [0, 0.1) is 6.92 Å². The van der Waals surface area contributed by atoms with Crippen LogP contribution in [0.3, 0.4) is 0 Å². The molecule has 0 bridgehead atoms. The van der Waals surface area contributed by atoms with Crippen LogP contribution in [0.2, 0.25) is 0 Å². The fourth-order valence-corrected chi connectivity index (χ4v) is 3.64. The summed E-state index contributed by atoms with van der Waals surface area (Å²) in [6.45, 7) is 3.29. The van der Waals surface area contributed by atoms with Crippen molar-refractivity contribution in [1.82, 2.24) is 8.96 Å². The van der Waals surface area contributed by atoms with Crippen LogP contribution in [0.25, 0.3) is 11.0 Å². The number of aryl methyl sites for hydroxylation is 1. The van der Waals surface area contributed by atoms with E-state index in [1.165, 1.54) is 19.3 Å². The van der Waals surface area contributed by atoms with Crippen molar-refractivity contribution in [3.8, 4) is 0 Å². The molecule has 5 nitrogen and oxygen atoms in total. The third-order valence-corrected chi connectivity index (χ3v) is 5.15. The van der Waals surface area contributed by atoms with Crippen LogP contribution in [0.15, 0.2) is 53.7 Å². The Bertz CT molecular complexity index is 970. The largest absolute Gasteiger partial charge is 0.294 e. The van der Waals surface area contributed by atoms with Crippen molar-refractivity contribution in [1.29, 1.82) is 0 Å². The van der Waals surface area contributed by atoms with Gasteiger partial charge in [0.1, 0.15) is 0 Å². The molecule has 0 N–H and O–H groups in total. The van der Waals surface area contributed by atoms with Crippen LogP contribution in [0.1, 0.15) is 22.8 Å². The highest BCUT2D eigenvalue weighted by molar-refractivity contribution is 7.90. The molecule has 0 aliphatic rings. The Kier molecular flexibility index (Phi) is 3.33. The molecule has 0 aliphatic carbocycles. The average molecular weight is 314 g/mol. The summed E-state index contributed by atoms with van der Waals surface area (Å²) in [5.74, 6) is -0.198. The van der Waals surface area contributed by atoms with Gasteiger partial charge in [-0.1, -0.05) is 17.7 Å². The van der Waals surface area contributed by atoms with Crippen LogP contribution in [0.4, 0.5) is 0 Å². The maximum atomic E-state index is 12.8. The summed E-state index contributed by atoms with van der Waals surface area (Å²) in [7, 11) is -3.79. The summed E-state index contributed by atoms with van der Waals surface area (Å²) >= 11 is 0. The molecule has 2 aromatic heterocycles. The monoisotopic (exact) mass is 314 g/mol. The standard InChI is InChI=1S/C16H14N2O3S/c1-11-5-7-13(8-6-11)22(20,21)18-10-15(12(2)19)14-4-3-9-17-16(14)18/h3-10H,1-2H3. The zero-order chi connectivity index (χ0) is 15.9. The smallest absolute Gasteiger partial charge is 0.269 e. The van der Waals surface area contributed by atoms with Crippen molar-refractivity contribution < 1.29 is 13.2 Å². The predicted molar refractivity (Wildman–Crippen MR) is 83.5 cm³/mol. The lowest BCUT2D eigenvalue weighted by molar-refractivity contribution is 0.101. The molecule has 0 aliphatic heterocycles. The summed E-state index contributed by atoms with van der Waals surface area (Å²) in [5.41, 5.74) is 1.57. The molecule has 112 valence electrons. The summed E-state index contributed by atoms with van der Waals surface area (Å²) in [6, 6.07) is 9.94. The molecular formula is C16H14N2O3S. The third-order valence-electron chi connectivity index (χ3n) is 3.49. The lowest BCUT2D eigenvalue weighted by Crippen LogP contribution is -2.12. The molecular weight excluding hydrogens is 300 g/mol. The highest BCUT2D eigenvalue weighted by Gasteiger charge is 2.23. The van der Waals surface area contributed by atoms with E-state index in [0.29, 0.717) is 10.9 Å². The molecule has 0 saturated heterocycles. The zero-order valence-electron chi connectivity index (χ0n) is 12.1. The van der Waals surface area contributed by atoms with E-state index >= 15 is 0 Å². The number of rotatable bonds is 3. The second-order valence-corrected chi connectivity index (χ2v) is 6.90. The van der Waals surface area contributed by atoms with E-state index in [1.807, 2.05) is 6.92 Å². The van der Waals surface area contributed by atoms with E-state index in [4.69, 9.17) is 0 Å². The van der Waals surface area contributed by atoms with Gasteiger partial charge in [0.05, 0.1) is 4.90 Å². The first-order chi connectivity index (χ1) is 10.4. The number of fused-ring (bicyclic) bond motifs is 1. The lowest BCUT2D eigenvalue weighted by Gasteiger charge is -2.07. The van der Waals surface area contributed by atoms with E-state index in [-0.39, 0.29) is 16.3 Å². The number of nitrogens with zero attached hydrogens (tertiary/aromatic N) is 2. The minimum atomic E-state index is -3.79. The Hall–Kier alpha value is -2.47. The molecule has 22 heavy (non-hydrogen) atoms. The predicted octanol–water partition coefficient (Wildman–Crippen LogP) is 2.78. The minimum absolute atomic E-state index is 0.163. The summed E-state index contributed by atoms with van der Waals surface area (Å²) in [5, 5.41) is 0.533. The van der Waals surface area contributed by atoms with Crippen molar-refractivity contribution in [3.05, 3.63) is 59.9 Å². The van der Waals surface area contributed by atoms with Crippen molar-refractivity contribution in [3.63, 3.8) is 0 Å². The van der Waals surface area contributed by atoms with Crippen LogP contribution < -0.4 is 0 Å². The third kappa shape index (κ3) is 2.21. The molecule has 6 heteroatoms. The molecule has 0 saturated carbocycles. The highest BCUT2D eigenvalue weighted by atomic mass is 32.2. The Balaban J connectivity index is 2.30. The fourth-order valence-electron chi connectivity index (χ4n) is 2.32. The molecule has 0 spiro atoms. The molecule has 3 rings (SSSR count). The Morgan fingerprint density at radius 2 is 1.82 bits per heavy atom. The number of ketones is 1. The van der Waals surface area contributed by atoms with Crippen LogP contribution in [-0.4, -0.2) is 23.2 Å². The van der Waals surface area contributed by atoms with Gasteiger partial charge in [0.2, 0.25) is 0 Å². The van der Waals surface area contributed by atoms with E-state index in [1.54, 1.807) is 36.4 Å². The van der Waals surface area contributed by atoms with E-state index < -0.39 is 10.0 Å². The Labute approximate surface area is 128 Å². The molecule has 0 unspecified atom stereocenters. The van der Waals surface area contributed by atoms with Gasteiger partial charge in [-0.15, -0.1) is 0 Å². The van der Waals surface area contributed by atoms with Gasteiger partial charge >= 0.3 is 0 Å². The number of pyridine rings is 1. The van der Waals surface area contributed by atoms with Crippen molar-refractivity contribution >= 4 is 26.8 Å². The van der Waals surface area contributed by atoms with E-state index in [2.05, 4.69) is 4.98 Å². The quantitative estimate of drug-likeness (QED) is 0.697. The minimum Gasteiger partial charge on any atom is -0.294 e. The Morgan fingerprint density at radius 3 is 2.45 bits per heavy atom. The molecule has 0 radical (unpaired) electrons. The van der Waals surface area contributed by atoms with Gasteiger partial charge < -0.3 is 0 Å². The van der Waals surface area contributed by atoms with Crippen molar-refractivity contribution in [2.24, 2.45) is 0 Å². The topological polar surface area (TPSA) is 69.0 Å². The number of benzene rings is 1. The van der Waals surface area contributed by atoms with Gasteiger partial charge in [0.25, 0.3) is 10.0 Å². The van der Waals surface area contributed by atoms with Gasteiger partial charge in [-0.05, 0) is 38.1 Å². The zero-order valence-corrected chi connectivity index (χ0v) is 13.0. The maximum Gasteiger partial charge on any atom is 0.269 e. The first-order valence-corrected chi connectivity index (χ1v) is 8.14. The number of Topliss-reactive ketones (excluding diaryl/α,β-unsaturated/α-hetero) is 1. The first-order valence-electron chi connectivity index (χ1n) is 6.70. The van der Waals surface area contributed by atoms with Gasteiger partial charge in [-0.3, -0.25) is 4.79 Å². The van der Waals surface area contributed by atoms with Crippen LogP contribution in [-0.2, 0) is 10.0 Å². The number of aromatic nitrogens is 2. The molecule has 2 heterocycles. The number of hydrogen-bond donors (Lipinski definition) is 0. The fraction of sp³-hybridized carbons (Fsp3) is 0.125. The Morgan fingerprint density at radius 1 is 1.14 bits per heavy atom. The number of carbonyl (C=O) groups excluding carboxylic acids is 1. The number of carbonyl (C=O) groups is 1. The van der Waals surface area contributed by atoms with E-state index in [0.717, 1.165) is 9.54 Å². The average Bonchev–Trinajstić information content (AvgIpc) is 2.88. The van der Waals surface area contributed by atoms with E-state index in [9.17, 15) is 13.2 Å². The summed E-state index contributed by atoms with van der Waals surface area (Å²) in [4.78, 5) is 16.0. The summed E-state index contributed by atoms with van der Waals surface area (Å²) < 4.78 is 26.7. The highest BCUT2D eigenvalue weighted by Crippen LogP contribution is 2.24. The molecule has 0 amide bonds. The lowest BCUT2D eigenvalue weighted by atomic mass is 10.2. The van der Waals surface area contributed by atoms with Crippen molar-refractivity contribution in [2.75, 3.05) is 0 Å². The molecule has 1 aromatic carbocycles. The normalized spacial score (nSPS) is 11.7. The molecule has 0 atom stereocenters. The van der Waals surface area contributed by atoms with Gasteiger partial charge in [0, 0.05) is 23.3 Å². The second-order valence-electron chi connectivity index (χ2n) is 5.09. The molecule has 3 aromatic rings. The van der Waals surface area contributed by atoms with Crippen LogP contribution >= 0.6 is 0 Å². The first kappa shape index (κ1) is 14.5. The van der Waals surface area contributed by atoms with Gasteiger partial charge in [-0.25, -0.2) is 17.4 Å². The molecule has 0 fully saturated rings. The maximum absolute atomic E-state index is 12.8. The number of hydrogen-bond acceptors (Lipinski definition) is 4. The van der Waals surface area contributed by atoms with Gasteiger partial charge in [-0.2, -0.15) is 0 Å².